The molecule has 2 saturated carbocycles. The molecule has 2 fully saturated rings. The van der Waals surface area contributed by atoms with Gasteiger partial charge < -0.3 is 5.11 Å². The van der Waals surface area contributed by atoms with Crippen molar-refractivity contribution in [3.8, 4) is 0 Å². The maximum absolute atomic E-state index is 10.5. The summed E-state index contributed by atoms with van der Waals surface area (Å²) in [6, 6.07) is 0. The maximum atomic E-state index is 10.5. The maximum Gasteiger partial charge on any atom is 0.0678 e. The van der Waals surface area contributed by atoms with E-state index in [2.05, 4.69) is 6.92 Å². The highest BCUT2D eigenvalue weighted by Crippen LogP contribution is 2.43. The van der Waals surface area contributed by atoms with Crippen LogP contribution in [-0.2, 0) is 0 Å². The van der Waals surface area contributed by atoms with Gasteiger partial charge in [-0.15, -0.1) is 0 Å². The SMILES string of the molecule is CC1CCCC(O)(C2CCCC2)C1. The Balaban J connectivity index is 2.00. The van der Waals surface area contributed by atoms with Gasteiger partial charge in [0.1, 0.15) is 0 Å². The van der Waals surface area contributed by atoms with Crippen LogP contribution in [0.25, 0.3) is 0 Å². The zero-order valence-corrected chi connectivity index (χ0v) is 8.76. The van der Waals surface area contributed by atoms with E-state index in [9.17, 15) is 5.11 Å². The lowest BCUT2D eigenvalue weighted by molar-refractivity contribution is -0.0607. The van der Waals surface area contributed by atoms with Crippen LogP contribution in [0.4, 0.5) is 0 Å². The largest absolute Gasteiger partial charge is 0.390 e. The normalized spacial score (nSPS) is 42.5. The van der Waals surface area contributed by atoms with E-state index < -0.39 is 0 Å². The quantitative estimate of drug-likeness (QED) is 0.660. The van der Waals surface area contributed by atoms with Gasteiger partial charge >= 0.3 is 0 Å². The molecular formula is C12H22O. The molecule has 0 aromatic heterocycles. The third-order valence-electron chi connectivity index (χ3n) is 4.12. The van der Waals surface area contributed by atoms with Gasteiger partial charge in [-0.25, -0.2) is 0 Å². The van der Waals surface area contributed by atoms with Crippen LogP contribution in [0.1, 0.15) is 58.3 Å². The van der Waals surface area contributed by atoms with Crippen LogP contribution in [0.3, 0.4) is 0 Å². The molecule has 0 bridgehead atoms. The highest BCUT2D eigenvalue weighted by molar-refractivity contribution is 4.92. The Kier molecular flexibility index (Phi) is 2.64. The molecule has 2 rings (SSSR count). The van der Waals surface area contributed by atoms with Gasteiger partial charge in [0.15, 0.2) is 0 Å². The van der Waals surface area contributed by atoms with Gasteiger partial charge in [0.05, 0.1) is 5.60 Å². The van der Waals surface area contributed by atoms with E-state index in [4.69, 9.17) is 0 Å². The molecule has 1 heteroatoms. The van der Waals surface area contributed by atoms with E-state index in [0.717, 1.165) is 18.8 Å². The molecule has 0 saturated heterocycles. The molecule has 2 aliphatic rings. The lowest BCUT2D eigenvalue weighted by Gasteiger charge is -2.40. The molecule has 2 unspecified atom stereocenters. The fraction of sp³-hybridized carbons (Fsp3) is 1.00. The lowest BCUT2D eigenvalue weighted by Crippen LogP contribution is -2.40. The fourth-order valence-electron chi connectivity index (χ4n) is 3.40. The van der Waals surface area contributed by atoms with Gasteiger partial charge in [0, 0.05) is 0 Å². The summed E-state index contributed by atoms with van der Waals surface area (Å²) in [5, 5.41) is 10.5. The summed E-state index contributed by atoms with van der Waals surface area (Å²) in [6.45, 7) is 2.29. The predicted octanol–water partition coefficient (Wildman–Crippen LogP) is 3.12. The Bertz CT molecular complexity index is 172. The first-order valence-corrected chi connectivity index (χ1v) is 5.93. The molecule has 13 heavy (non-hydrogen) atoms. The topological polar surface area (TPSA) is 20.2 Å². The fourth-order valence-corrected chi connectivity index (χ4v) is 3.40. The molecular weight excluding hydrogens is 160 g/mol. The molecule has 76 valence electrons. The van der Waals surface area contributed by atoms with E-state index in [-0.39, 0.29) is 5.60 Å². The van der Waals surface area contributed by atoms with Crippen molar-refractivity contribution in [2.24, 2.45) is 11.8 Å². The van der Waals surface area contributed by atoms with Gasteiger partial charge in [-0.3, -0.25) is 0 Å². The minimum atomic E-state index is -0.270. The van der Waals surface area contributed by atoms with E-state index in [1.165, 1.54) is 38.5 Å². The van der Waals surface area contributed by atoms with Crippen molar-refractivity contribution in [1.29, 1.82) is 0 Å². The first kappa shape index (κ1) is 9.51. The number of aliphatic hydroxyl groups is 1. The molecule has 0 radical (unpaired) electrons. The summed E-state index contributed by atoms with van der Waals surface area (Å²) in [7, 11) is 0. The van der Waals surface area contributed by atoms with Crippen LogP contribution in [0.15, 0.2) is 0 Å². The average molecular weight is 182 g/mol. The average Bonchev–Trinajstić information content (AvgIpc) is 2.55. The minimum Gasteiger partial charge on any atom is -0.390 e. The minimum absolute atomic E-state index is 0.270. The van der Waals surface area contributed by atoms with Crippen LogP contribution in [0.2, 0.25) is 0 Å². The molecule has 0 aromatic carbocycles. The van der Waals surface area contributed by atoms with Gasteiger partial charge in [0.25, 0.3) is 0 Å². The Labute approximate surface area is 81.5 Å². The Morgan fingerprint density at radius 2 is 1.77 bits per heavy atom. The first-order valence-electron chi connectivity index (χ1n) is 5.93. The Hall–Kier alpha value is -0.0400. The first-order chi connectivity index (χ1) is 6.21. The lowest BCUT2D eigenvalue weighted by atomic mass is 9.71. The molecule has 0 aromatic rings. The van der Waals surface area contributed by atoms with Crippen LogP contribution in [-0.4, -0.2) is 10.7 Å². The number of hydrogen-bond donors (Lipinski definition) is 1. The monoisotopic (exact) mass is 182 g/mol. The Morgan fingerprint density at radius 3 is 2.38 bits per heavy atom. The molecule has 2 aliphatic carbocycles. The van der Waals surface area contributed by atoms with Crippen molar-refractivity contribution in [3.05, 3.63) is 0 Å². The van der Waals surface area contributed by atoms with Crippen molar-refractivity contribution in [3.63, 3.8) is 0 Å². The summed E-state index contributed by atoms with van der Waals surface area (Å²) < 4.78 is 0. The summed E-state index contributed by atoms with van der Waals surface area (Å²) in [6.07, 6.45) is 9.97. The summed E-state index contributed by atoms with van der Waals surface area (Å²) in [5.74, 6) is 1.38. The summed E-state index contributed by atoms with van der Waals surface area (Å²) in [5.41, 5.74) is -0.270. The van der Waals surface area contributed by atoms with Crippen molar-refractivity contribution < 1.29 is 5.11 Å². The molecule has 0 heterocycles. The molecule has 1 N–H and O–H groups in total. The number of rotatable bonds is 1. The van der Waals surface area contributed by atoms with Gasteiger partial charge in [-0.05, 0) is 37.5 Å². The highest BCUT2D eigenvalue weighted by Gasteiger charge is 2.40. The van der Waals surface area contributed by atoms with Crippen molar-refractivity contribution in [1.82, 2.24) is 0 Å². The summed E-state index contributed by atoms with van der Waals surface area (Å²) >= 11 is 0. The van der Waals surface area contributed by atoms with E-state index in [0.29, 0.717) is 5.92 Å². The standard InChI is InChI=1S/C12H22O/c1-10-5-4-8-12(13,9-10)11-6-2-3-7-11/h10-11,13H,2-9H2,1H3. The zero-order chi connectivity index (χ0) is 9.31. The second kappa shape index (κ2) is 3.61. The van der Waals surface area contributed by atoms with Gasteiger partial charge in [-0.2, -0.15) is 0 Å². The van der Waals surface area contributed by atoms with Crippen molar-refractivity contribution >= 4 is 0 Å². The molecule has 2 atom stereocenters. The van der Waals surface area contributed by atoms with Crippen molar-refractivity contribution in [2.45, 2.75) is 63.9 Å². The molecule has 0 aliphatic heterocycles. The third-order valence-corrected chi connectivity index (χ3v) is 4.12. The predicted molar refractivity (Wildman–Crippen MR) is 54.5 cm³/mol. The van der Waals surface area contributed by atoms with Crippen molar-refractivity contribution in [2.75, 3.05) is 0 Å². The second-order valence-electron chi connectivity index (χ2n) is 5.29. The molecule has 0 amide bonds. The smallest absolute Gasteiger partial charge is 0.0678 e. The van der Waals surface area contributed by atoms with Crippen LogP contribution < -0.4 is 0 Å². The van der Waals surface area contributed by atoms with E-state index in [1.54, 1.807) is 0 Å². The Morgan fingerprint density at radius 1 is 1.08 bits per heavy atom. The number of hydrogen-bond acceptors (Lipinski definition) is 1. The zero-order valence-electron chi connectivity index (χ0n) is 8.76. The van der Waals surface area contributed by atoms with Crippen LogP contribution in [0.5, 0.6) is 0 Å². The van der Waals surface area contributed by atoms with Crippen LogP contribution in [0, 0.1) is 11.8 Å². The van der Waals surface area contributed by atoms with Crippen LogP contribution >= 0.6 is 0 Å². The van der Waals surface area contributed by atoms with E-state index >= 15 is 0 Å². The van der Waals surface area contributed by atoms with Gasteiger partial charge in [-0.1, -0.05) is 32.6 Å². The van der Waals surface area contributed by atoms with Gasteiger partial charge in [0.2, 0.25) is 0 Å². The summed E-state index contributed by atoms with van der Waals surface area (Å²) in [4.78, 5) is 0. The third kappa shape index (κ3) is 1.90. The van der Waals surface area contributed by atoms with E-state index in [1.807, 2.05) is 0 Å². The highest BCUT2D eigenvalue weighted by atomic mass is 16.3. The second-order valence-corrected chi connectivity index (χ2v) is 5.29. The molecule has 1 nitrogen and oxygen atoms in total. The molecule has 0 spiro atoms.